The zero-order valence-electron chi connectivity index (χ0n) is 12.1. The number of rotatable bonds is 3. The van der Waals surface area contributed by atoms with Gasteiger partial charge < -0.3 is 15.8 Å². The Kier molecular flexibility index (Phi) is 3.45. The number of para-hydroxylation sites is 1. The molecule has 1 atom stereocenters. The predicted octanol–water partition coefficient (Wildman–Crippen LogP) is 2.85. The van der Waals surface area contributed by atoms with Gasteiger partial charge in [-0.15, -0.1) is 0 Å². The summed E-state index contributed by atoms with van der Waals surface area (Å²) in [5, 5.41) is 10.1. The SMILES string of the molecule is CC(C(N)=O)c1[nH]c(-c2ccccc2O)c2c1CCCC2. The van der Waals surface area contributed by atoms with Gasteiger partial charge in [0.25, 0.3) is 0 Å². The number of nitrogens with two attached hydrogens (primary N) is 1. The number of hydrogen-bond donors (Lipinski definition) is 3. The number of H-pyrrole nitrogens is 1. The van der Waals surface area contributed by atoms with E-state index >= 15 is 0 Å². The Morgan fingerprint density at radius 3 is 2.57 bits per heavy atom. The van der Waals surface area contributed by atoms with Crippen LogP contribution in [0.25, 0.3) is 11.3 Å². The molecular weight excluding hydrogens is 264 g/mol. The van der Waals surface area contributed by atoms with Crippen LogP contribution in [0.15, 0.2) is 24.3 Å². The van der Waals surface area contributed by atoms with Crippen molar-refractivity contribution in [2.75, 3.05) is 0 Å². The van der Waals surface area contributed by atoms with Gasteiger partial charge in [0, 0.05) is 11.3 Å². The lowest BCUT2D eigenvalue weighted by Gasteiger charge is -2.15. The molecule has 0 spiro atoms. The molecule has 0 radical (unpaired) electrons. The number of hydrogen-bond acceptors (Lipinski definition) is 2. The van der Waals surface area contributed by atoms with Crippen molar-refractivity contribution < 1.29 is 9.90 Å². The zero-order valence-corrected chi connectivity index (χ0v) is 12.1. The summed E-state index contributed by atoms with van der Waals surface area (Å²) in [7, 11) is 0. The quantitative estimate of drug-likeness (QED) is 0.810. The van der Waals surface area contributed by atoms with Crippen molar-refractivity contribution in [3.63, 3.8) is 0 Å². The molecule has 21 heavy (non-hydrogen) atoms. The molecule has 1 aromatic heterocycles. The maximum atomic E-state index is 11.6. The molecule has 0 fully saturated rings. The highest BCUT2D eigenvalue weighted by Gasteiger charge is 2.26. The van der Waals surface area contributed by atoms with Crippen LogP contribution >= 0.6 is 0 Å². The molecule has 1 unspecified atom stereocenters. The van der Waals surface area contributed by atoms with E-state index in [4.69, 9.17) is 5.73 Å². The van der Waals surface area contributed by atoms with E-state index in [2.05, 4.69) is 4.98 Å². The molecule has 1 aliphatic carbocycles. The topological polar surface area (TPSA) is 79.1 Å². The van der Waals surface area contributed by atoms with Gasteiger partial charge in [-0.2, -0.15) is 0 Å². The predicted molar refractivity (Wildman–Crippen MR) is 82.1 cm³/mol. The third kappa shape index (κ3) is 2.31. The monoisotopic (exact) mass is 284 g/mol. The average molecular weight is 284 g/mol. The second-order valence-electron chi connectivity index (χ2n) is 5.72. The van der Waals surface area contributed by atoms with Crippen LogP contribution in [0, 0.1) is 0 Å². The number of aromatic nitrogens is 1. The van der Waals surface area contributed by atoms with E-state index in [1.165, 1.54) is 11.1 Å². The first-order valence-electron chi connectivity index (χ1n) is 7.41. The molecule has 110 valence electrons. The Labute approximate surface area is 124 Å². The summed E-state index contributed by atoms with van der Waals surface area (Å²) >= 11 is 0. The number of carbonyl (C=O) groups is 1. The van der Waals surface area contributed by atoms with Crippen LogP contribution in [-0.4, -0.2) is 16.0 Å². The standard InChI is InChI=1S/C17H20N2O2/c1-10(17(18)21)15-11-6-2-3-7-12(11)16(19-15)13-8-4-5-9-14(13)20/h4-5,8-10,19-20H,2-3,6-7H2,1H3,(H2,18,21). The van der Waals surface area contributed by atoms with Gasteiger partial charge in [-0.1, -0.05) is 12.1 Å². The van der Waals surface area contributed by atoms with Crippen LogP contribution in [0.3, 0.4) is 0 Å². The van der Waals surface area contributed by atoms with Crippen LogP contribution in [0.5, 0.6) is 5.75 Å². The Morgan fingerprint density at radius 2 is 1.90 bits per heavy atom. The van der Waals surface area contributed by atoms with Crippen molar-refractivity contribution in [1.29, 1.82) is 0 Å². The van der Waals surface area contributed by atoms with Crippen LogP contribution in [0.4, 0.5) is 0 Å². The summed E-state index contributed by atoms with van der Waals surface area (Å²) in [6, 6.07) is 7.29. The fourth-order valence-electron chi connectivity index (χ4n) is 3.19. The number of carbonyl (C=O) groups excluding carboxylic acids is 1. The number of nitrogens with one attached hydrogen (secondary N) is 1. The molecule has 1 heterocycles. The van der Waals surface area contributed by atoms with Gasteiger partial charge in [0.05, 0.1) is 11.6 Å². The second kappa shape index (κ2) is 5.28. The molecule has 4 heteroatoms. The molecule has 2 aromatic rings. The van der Waals surface area contributed by atoms with E-state index in [1.54, 1.807) is 12.1 Å². The molecule has 1 aromatic carbocycles. The van der Waals surface area contributed by atoms with Gasteiger partial charge in [0.15, 0.2) is 0 Å². The zero-order chi connectivity index (χ0) is 15.0. The lowest BCUT2D eigenvalue weighted by molar-refractivity contribution is -0.119. The molecular formula is C17H20N2O2. The van der Waals surface area contributed by atoms with Crippen molar-refractivity contribution in [2.24, 2.45) is 5.73 Å². The van der Waals surface area contributed by atoms with Gasteiger partial charge in [0.2, 0.25) is 5.91 Å². The van der Waals surface area contributed by atoms with Crippen LogP contribution in [0.2, 0.25) is 0 Å². The van der Waals surface area contributed by atoms with Crippen LogP contribution in [0.1, 0.15) is 42.5 Å². The molecule has 4 N–H and O–H groups in total. The summed E-state index contributed by atoms with van der Waals surface area (Å²) < 4.78 is 0. The highest BCUT2D eigenvalue weighted by molar-refractivity contribution is 5.83. The fraction of sp³-hybridized carbons (Fsp3) is 0.353. The fourth-order valence-corrected chi connectivity index (χ4v) is 3.19. The van der Waals surface area contributed by atoms with E-state index in [1.807, 2.05) is 19.1 Å². The van der Waals surface area contributed by atoms with Crippen molar-refractivity contribution >= 4 is 5.91 Å². The normalized spacial score (nSPS) is 15.5. The number of phenols is 1. The van der Waals surface area contributed by atoms with Gasteiger partial charge in [0.1, 0.15) is 5.75 Å². The lowest BCUT2D eigenvalue weighted by atomic mass is 9.88. The molecule has 0 aliphatic heterocycles. The molecule has 1 amide bonds. The number of amides is 1. The van der Waals surface area contributed by atoms with Crippen LogP contribution < -0.4 is 5.73 Å². The summed E-state index contributed by atoms with van der Waals surface area (Å²) in [6.45, 7) is 1.83. The largest absolute Gasteiger partial charge is 0.507 e. The third-order valence-corrected chi connectivity index (χ3v) is 4.39. The first-order valence-corrected chi connectivity index (χ1v) is 7.41. The number of aromatic hydroxyl groups is 1. The second-order valence-corrected chi connectivity index (χ2v) is 5.72. The van der Waals surface area contributed by atoms with Gasteiger partial charge in [-0.3, -0.25) is 4.79 Å². The number of primary amides is 1. The minimum absolute atomic E-state index is 0.255. The molecule has 0 saturated carbocycles. The van der Waals surface area contributed by atoms with E-state index in [0.717, 1.165) is 42.6 Å². The van der Waals surface area contributed by atoms with Gasteiger partial charge in [-0.25, -0.2) is 0 Å². The van der Waals surface area contributed by atoms with E-state index in [9.17, 15) is 9.90 Å². The number of phenolic OH excluding ortho intramolecular Hbond substituents is 1. The van der Waals surface area contributed by atoms with E-state index < -0.39 is 0 Å². The van der Waals surface area contributed by atoms with Crippen molar-refractivity contribution in [3.05, 3.63) is 41.1 Å². The van der Waals surface area contributed by atoms with E-state index in [-0.39, 0.29) is 17.6 Å². The summed E-state index contributed by atoms with van der Waals surface area (Å²) in [4.78, 5) is 14.9. The number of fused-ring (bicyclic) bond motifs is 1. The molecule has 4 nitrogen and oxygen atoms in total. The highest BCUT2D eigenvalue weighted by Crippen LogP contribution is 2.39. The maximum absolute atomic E-state index is 11.6. The van der Waals surface area contributed by atoms with Crippen molar-refractivity contribution in [2.45, 2.75) is 38.5 Å². The van der Waals surface area contributed by atoms with Gasteiger partial charge >= 0.3 is 0 Å². The Morgan fingerprint density at radius 1 is 1.24 bits per heavy atom. The summed E-state index contributed by atoms with van der Waals surface area (Å²) in [5.41, 5.74) is 10.6. The third-order valence-electron chi connectivity index (χ3n) is 4.39. The van der Waals surface area contributed by atoms with Gasteiger partial charge in [-0.05, 0) is 55.9 Å². The Bertz CT molecular complexity index is 688. The summed E-state index contributed by atoms with van der Waals surface area (Å²) in [6.07, 6.45) is 4.20. The minimum atomic E-state index is -0.337. The summed E-state index contributed by atoms with van der Waals surface area (Å²) in [5.74, 6) is -0.407. The van der Waals surface area contributed by atoms with E-state index in [0.29, 0.717) is 0 Å². The van der Waals surface area contributed by atoms with Crippen LogP contribution in [-0.2, 0) is 17.6 Å². The first kappa shape index (κ1) is 13.7. The first-order chi connectivity index (χ1) is 10.1. The molecule has 1 aliphatic rings. The average Bonchev–Trinajstić information content (AvgIpc) is 2.86. The number of aromatic amines is 1. The molecule has 3 rings (SSSR count). The van der Waals surface area contributed by atoms with Crippen molar-refractivity contribution in [3.8, 4) is 17.0 Å². The minimum Gasteiger partial charge on any atom is -0.507 e. The smallest absolute Gasteiger partial charge is 0.226 e. The van der Waals surface area contributed by atoms with Crippen molar-refractivity contribution in [1.82, 2.24) is 4.98 Å². The Balaban J connectivity index is 2.18. The maximum Gasteiger partial charge on any atom is 0.226 e. The molecule has 0 bridgehead atoms. The Hall–Kier alpha value is -2.23. The highest BCUT2D eigenvalue weighted by atomic mass is 16.3. The lowest BCUT2D eigenvalue weighted by Crippen LogP contribution is -2.20. The molecule has 0 saturated heterocycles. The number of benzene rings is 1.